The lowest BCUT2D eigenvalue weighted by Gasteiger charge is -2.14. The third-order valence-electron chi connectivity index (χ3n) is 3.92. The van der Waals surface area contributed by atoms with E-state index in [1.807, 2.05) is 42.5 Å². The molecule has 0 bridgehead atoms. The quantitative estimate of drug-likeness (QED) is 0.728. The Kier molecular flexibility index (Phi) is 4.95. The molecular formula is C21H16N2O3. The molecule has 0 saturated heterocycles. The summed E-state index contributed by atoms with van der Waals surface area (Å²) in [5.74, 6) is -1.03. The van der Waals surface area contributed by atoms with Gasteiger partial charge in [0, 0.05) is 5.69 Å². The minimum absolute atomic E-state index is 0.286. The smallest absolute Gasteiger partial charge is 0.338 e. The van der Waals surface area contributed by atoms with Gasteiger partial charge in [-0.2, -0.15) is 5.26 Å². The van der Waals surface area contributed by atoms with E-state index in [2.05, 4.69) is 5.32 Å². The number of nitrogens with zero attached hydrogens (tertiary/aromatic N) is 1. The Morgan fingerprint density at radius 3 is 2.38 bits per heavy atom. The number of nitrogens with one attached hydrogen (secondary N) is 1. The van der Waals surface area contributed by atoms with Gasteiger partial charge in [-0.15, -0.1) is 0 Å². The molecule has 128 valence electrons. The molecule has 0 aromatic heterocycles. The number of fused-ring (bicyclic) bond motifs is 1. The van der Waals surface area contributed by atoms with Crippen LogP contribution < -0.4 is 5.32 Å². The fraction of sp³-hybridized carbons (Fsp3) is 0.0952. The molecule has 3 rings (SSSR count). The SMILES string of the molecule is C[C@@H](OC(=O)c1ccc(C#N)cc1)C(=O)Nc1ccc2ccccc2c1. The molecule has 0 unspecified atom stereocenters. The van der Waals surface area contributed by atoms with Crippen LogP contribution in [-0.2, 0) is 9.53 Å². The van der Waals surface area contributed by atoms with E-state index in [1.165, 1.54) is 31.2 Å². The van der Waals surface area contributed by atoms with Crippen LogP contribution in [0.1, 0.15) is 22.8 Å². The first kappa shape index (κ1) is 17.2. The van der Waals surface area contributed by atoms with Crippen LogP contribution in [0.25, 0.3) is 10.8 Å². The second-order valence-corrected chi connectivity index (χ2v) is 5.79. The number of ether oxygens (including phenoxy) is 1. The first-order chi connectivity index (χ1) is 12.6. The maximum atomic E-state index is 12.3. The predicted octanol–water partition coefficient (Wildman–Crippen LogP) is 3.90. The molecule has 1 N–H and O–H groups in total. The van der Waals surface area contributed by atoms with Crippen LogP contribution in [0.3, 0.4) is 0 Å². The van der Waals surface area contributed by atoms with Gasteiger partial charge in [0.25, 0.3) is 5.91 Å². The molecule has 0 aliphatic rings. The van der Waals surface area contributed by atoms with Crippen molar-refractivity contribution in [1.82, 2.24) is 0 Å². The van der Waals surface area contributed by atoms with Crippen molar-refractivity contribution in [3.8, 4) is 6.07 Å². The standard InChI is InChI=1S/C21H16N2O3/c1-14(26-21(25)17-8-6-15(13-22)7-9-17)20(24)23-19-11-10-16-4-2-3-5-18(16)12-19/h2-12,14H,1H3,(H,23,24)/t14-/m1/s1. The summed E-state index contributed by atoms with van der Waals surface area (Å²) in [5.41, 5.74) is 1.37. The first-order valence-corrected chi connectivity index (χ1v) is 8.07. The zero-order valence-corrected chi connectivity index (χ0v) is 14.1. The van der Waals surface area contributed by atoms with Gasteiger partial charge in [0.15, 0.2) is 6.10 Å². The van der Waals surface area contributed by atoms with Crippen molar-refractivity contribution in [1.29, 1.82) is 5.26 Å². The normalized spacial score (nSPS) is 11.4. The Bertz CT molecular complexity index is 1000. The molecule has 1 amide bonds. The third kappa shape index (κ3) is 3.87. The lowest BCUT2D eigenvalue weighted by Crippen LogP contribution is -2.30. The number of hydrogen-bond acceptors (Lipinski definition) is 4. The maximum Gasteiger partial charge on any atom is 0.338 e. The zero-order chi connectivity index (χ0) is 18.5. The van der Waals surface area contributed by atoms with Gasteiger partial charge in [-0.05, 0) is 54.1 Å². The molecule has 26 heavy (non-hydrogen) atoms. The number of hydrogen-bond donors (Lipinski definition) is 1. The van der Waals surface area contributed by atoms with Gasteiger partial charge in [0.1, 0.15) is 0 Å². The summed E-state index contributed by atoms with van der Waals surface area (Å²) in [4.78, 5) is 24.4. The van der Waals surface area contributed by atoms with Crippen LogP contribution in [0, 0.1) is 11.3 Å². The number of nitriles is 1. The highest BCUT2D eigenvalue weighted by molar-refractivity contribution is 5.98. The summed E-state index contributed by atoms with van der Waals surface area (Å²) in [5, 5.41) is 13.6. The van der Waals surface area contributed by atoms with Crippen LogP contribution in [0.5, 0.6) is 0 Å². The second kappa shape index (κ2) is 7.49. The Morgan fingerprint density at radius 2 is 1.69 bits per heavy atom. The molecule has 0 radical (unpaired) electrons. The van der Waals surface area contributed by atoms with Crippen molar-refractivity contribution in [2.45, 2.75) is 13.0 Å². The number of rotatable bonds is 4. The van der Waals surface area contributed by atoms with Crippen LogP contribution >= 0.6 is 0 Å². The number of carbonyl (C=O) groups excluding carboxylic acids is 2. The molecule has 1 atom stereocenters. The molecule has 5 heteroatoms. The van der Waals surface area contributed by atoms with Crippen molar-refractivity contribution in [3.05, 3.63) is 77.9 Å². The topological polar surface area (TPSA) is 79.2 Å². The van der Waals surface area contributed by atoms with E-state index in [-0.39, 0.29) is 5.56 Å². The number of carbonyl (C=O) groups is 2. The molecule has 5 nitrogen and oxygen atoms in total. The van der Waals surface area contributed by atoms with Crippen LogP contribution in [0.15, 0.2) is 66.7 Å². The van der Waals surface area contributed by atoms with Crippen LogP contribution in [-0.4, -0.2) is 18.0 Å². The average molecular weight is 344 g/mol. The Labute approximate surface area is 150 Å². The molecule has 0 aliphatic heterocycles. The summed E-state index contributed by atoms with van der Waals surface area (Å²) in [6.45, 7) is 1.51. The van der Waals surface area contributed by atoms with Crippen LogP contribution in [0.4, 0.5) is 5.69 Å². The molecule has 0 spiro atoms. The van der Waals surface area contributed by atoms with Gasteiger partial charge < -0.3 is 10.1 Å². The van der Waals surface area contributed by atoms with Crippen molar-refractivity contribution in [2.24, 2.45) is 0 Å². The summed E-state index contributed by atoms with van der Waals surface area (Å²) in [6, 6.07) is 21.4. The number of benzene rings is 3. The lowest BCUT2D eigenvalue weighted by atomic mass is 10.1. The highest BCUT2D eigenvalue weighted by Crippen LogP contribution is 2.19. The van der Waals surface area contributed by atoms with E-state index in [1.54, 1.807) is 6.07 Å². The minimum atomic E-state index is -0.954. The molecular weight excluding hydrogens is 328 g/mol. The Hall–Kier alpha value is -3.65. The van der Waals surface area contributed by atoms with Gasteiger partial charge >= 0.3 is 5.97 Å². The minimum Gasteiger partial charge on any atom is -0.449 e. The molecule has 3 aromatic carbocycles. The second-order valence-electron chi connectivity index (χ2n) is 5.79. The van der Waals surface area contributed by atoms with E-state index in [0.29, 0.717) is 11.3 Å². The molecule has 0 saturated carbocycles. The van der Waals surface area contributed by atoms with E-state index in [9.17, 15) is 9.59 Å². The van der Waals surface area contributed by atoms with E-state index < -0.39 is 18.0 Å². The Morgan fingerprint density at radius 1 is 1.00 bits per heavy atom. The third-order valence-corrected chi connectivity index (χ3v) is 3.92. The highest BCUT2D eigenvalue weighted by atomic mass is 16.5. The van der Waals surface area contributed by atoms with Gasteiger partial charge in [-0.1, -0.05) is 30.3 Å². The molecule has 0 heterocycles. The zero-order valence-electron chi connectivity index (χ0n) is 14.1. The first-order valence-electron chi connectivity index (χ1n) is 8.07. The van der Waals surface area contributed by atoms with Crippen molar-refractivity contribution in [3.63, 3.8) is 0 Å². The predicted molar refractivity (Wildman–Crippen MR) is 98.6 cm³/mol. The Balaban J connectivity index is 1.64. The van der Waals surface area contributed by atoms with Crippen LogP contribution in [0.2, 0.25) is 0 Å². The fourth-order valence-corrected chi connectivity index (χ4v) is 2.47. The molecule has 0 aliphatic carbocycles. The van der Waals surface area contributed by atoms with Gasteiger partial charge in [0.2, 0.25) is 0 Å². The fourth-order valence-electron chi connectivity index (χ4n) is 2.47. The van der Waals surface area contributed by atoms with Crippen molar-refractivity contribution >= 4 is 28.3 Å². The number of anilines is 1. The van der Waals surface area contributed by atoms with Gasteiger partial charge in [-0.25, -0.2) is 4.79 Å². The molecule has 3 aromatic rings. The van der Waals surface area contributed by atoms with E-state index >= 15 is 0 Å². The highest BCUT2D eigenvalue weighted by Gasteiger charge is 2.19. The number of amides is 1. The largest absolute Gasteiger partial charge is 0.449 e. The average Bonchev–Trinajstić information content (AvgIpc) is 2.67. The maximum absolute atomic E-state index is 12.3. The summed E-state index contributed by atoms with van der Waals surface area (Å²) < 4.78 is 5.20. The van der Waals surface area contributed by atoms with Gasteiger partial charge in [-0.3, -0.25) is 4.79 Å². The van der Waals surface area contributed by atoms with Gasteiger partial charge in [0.05, 0.1) is 17.2 Å². The monoisotopic (exact) mass is 344 g/mol. The molecule has 0 fully saturated rings. The lowest BCUT2D eigenvalue weighted by molar-refractivity contribution is -0.123. The van der Waals surface area contributed by atoms with Crippen molar-refractivity contribution < 1.29 is 14.3 Å². The summed E-state index contributed by atoms with van der Waals surface area (Å²) in [7, 11) is 0. The van der Waals surface area contributed by atoms with E-state index in [0.717, 1.165) is 10.8 Å². The van der Waals surface area contributed by atoms with E-state index in [4.69, 9.17) is 10.00 Å². The van der Waals surface area contributed by atoms with Crippen molar-refractivity contribution in [2.75, 3.05) is 5.32 Å². The number of esters is 1. The summed E-state index contributed by atoms with van der Waals surface area (Å²) >= 11 is 0. The summed E-state index contributed by atoms with van der Waals surface area (Å²) in [6.07, 6.45) is -0.954.